The van der Waals surface area contributed by atoms with Gasteiger partial charge in [0.25, 0.3) is 0 Å². The van der Waals surface area contributed by atoms with Crippen molar-refractivity contribution in [1.82, 2.24) is 0 Å². The standard InChI is InChI=1S/C15H13.C5H5.C2H6Si.Zr/c1-10-3-5-14-12(7-10)9-13-8-11(2)4-6-15(13)14;1-2-4-5-3-1;1-3-2;/h3-9H,1-2H3;1-3H,4H2;1-2H3;/q2*-1;;+2. The minimum absolute atomic E-state index is 0.210. The number of hydrogen-bond donors (Lipinski definition) is 0. The smallest absolute Gasteiger partial charge is 0.0469 e. The molecule has 0 heterocycles. The van der Waals surface area contributed by atoms with Gasteiger partial charge in [-0.15, -0.1) is 46.2 Å². The van der Waals surface area contributed by atoms with E-state index in [4.69, 9.17) is 0 Å². The minimum atomic E-state index is 0.210. The molecule has 0 aromatic heterocycles. The van der Waals surface area contributed by atoms with Crippen LogP contribution in [0.2, 0.25) is 13.1 Å². The van der Waals surface area contributed by atoms with Crippen molar-refractivity contribution >= 4 is 27.0 Å². The number of aryl methyl sites for hydroxylation is 2. The van der Waals surface area contributed by atoms with E-state index in [1.807, 2.05) is 12.2 Å². The van der Waals surface area contributed by atoms with Gasteiger partial charge >= 0.3 is 41.9 Å². The molecule has 3 aromatic carbocycles. The van der Waals surface area contributed by atoms with Crippen LogP contribution >= 0.6 is 0 Å². The molecule has 0 saturated carbocycles. The summed E-state index contributed by atoms with van der Waals surface area (Å²) in [6.45, 7) is 8.90. The van der Waals surface area contributed by atoms with Crippen LogP contribution in [0.4, 0.5) is 0 Å². The number of fused-ring (bicyclic) bond motifs is 3. The fourth-order valence-electron chi connectivity index (χ4n) is 2.60. The number of hydrogen-bond acceptors (Lipinski definition) is 0. The Balaban J connectivity index is 0.000000192. The van der Waals surface area contributed by atoms with E-state index < -0.39 is 0 Å². The predicted molar refractivity (Wildman–Crippen MR) is 106 cm³/mol. The van der Waals surface area contributed by atoms with E-state index >= 15 is 0 Å². The van der Waals surface area contributed by atoms with E-state index in [1.165, 1.54) is 32.7 Å². The summed E-state index contributed by atoms with van der Waals surface area (Å²) in [5.41, 5.74) is 2.87. The second-order valence-corrected chi connectivity index (χ2v) is 15.7. The second kappa shape index (κ2) is 9.39. The van der Waals surface area contributed by atoms with Crippen LogP contribution in [-0.4, -0.2) is 5.43 Å². The van der Waals surface area contributed by atoms with Crippen LogP contribution in [-0.2, 0) is 23.3 Å². The Morgan fingerprint density at radius 3 is 1.79 bits per heavy atom. The topological polar surface area (TPSA) is 0 Å². The van der Waals surface area contributed by atoms with Crippen molar-refractivity contribution < 1.29 is 23.3 Å². The SMILES string of the molecule is C[Si](C)=[Zr+2].Cc1ccc2c(c1)[cH-]c1cc(C)ccc12.[C-]1=CC=CC1. The average Bonchev–Trinajstić information content (AvgIpc) is 3.16. The summed E-state index contributed by atoms with van der Waals surface area (Å²) >= 11 is 1.74. The molecule has 0 N–H and O–H groups in total. The van der Waals surface area contributed by atoms with Crippen LogP contribution in [0, 0.1) is 19.9 Å². The molecule has 0 atom stereocenters. The molecule has 3 aromatic rings. The van der Waals surface area contributed by atoms with E-state index in [0.717, 1.165) is 6.42 Å². The summed E-state index contributed by atoms with van der Waals surface area (Å²) in [7, 11) is 0. The zero-order valence-corrected chi connectivity index (χ0v) is 18.4. The molecule has 0 saturated heterocycles. The van der Waals surface area contributed by atoms with Gasteiger partial charge in [0, 0.05) is 0 Å². The van der Waals surface area contributed by atoms with Gasteiger partial charge in [-0.1, -0.05) is 35.4 Å². The fourth-order valence-corrected chi connectivity index (χ4v) is 2.60. The number of rotatable bonds is 0. The quantitative estimate of drug-likeness (QED) is 0.298. The molecule has 120 valence electrons. The monoisotopic (exact) mass is 406 g/mol. The molecule has 0 bridgehead atoms. The Bertz CT molecular complexity index is 827. The maximum Gasteiger partial charge on any atom is -0.0469 e. The van der Waals surface area contributed by atoms with E-state index in [1.54, 1.807) is 23.3 Å². The summed E-state index contributed by atoms with van der Waals surface area (Å²) in [6.07, 6.45) is 10.0. The van der Waals surface area contributed by atoms with Crippen molar-refractivity contribution in [2.24, 2.45) is 0 Å². The van der Waals surface area contributed by atoms with Gasteiger partial charge in [-0.05, 0) is 13.8 Å². The summed E-state index contributed by atoms with van der Waals surface area (Å²) in [5, 5.41) is 5.46. The van der Waals surface area contributed by atoms with Gasteiger partial charge in [-0.2, -0.15) is 6.08 Å². The second-order valence-electron chi connectivity index (χ2n) is 6.33. The molecular formula is C22H24SiZr. The average molecular weight is 408 g/mol. The third kappa shape index (κ3) is 5.76. The van der Waals surface area contributed by atoms with Crippen molar-refractivity contribution in [1.29, 1.82) is 0 Å². The van der Waals surface area contributed by atoms with Crippen molar-refractivity contribution in [3.05, 3.63) is 77.9 Å². The Kier molecular flexibility index (Phi) is 7.52. The van der Waals surface area contributed by atoms with E-state index in [2.05, 4.69) is 81.6 Å². The third-order valence-electron chi connectivity index (χ3n) is 3.60. The molecule has 0 radical (unpaired) electrons. The Morgan fingerprint density at radius 1 is 0.958 bits per heavy atom. The third-order valence-corrected chi connectivity index (χ3v) is 3.60. The van der Waals surface area contributed by atoms with Gasteiger partial charge in [0.05, 0.1) is 0 Å². The van der Waals surface area contributed by atoms with Crippen molar-refractivity contribution in [3.63, 3.8) is 0 Å². The molecule has 0 aliphatic heterocycles. The van der Waals surface area contributed by atoms with Crippen molar-refractivity contribution in [3.8, 4) is 0 Å². The Hall–Kier alpha value is -1.11. The van der Waals surface area contributed by atoms with Crippen LogP contribution in [0.15, 0.2) is 60.7 Å². The fraction of sp³-hybridized carbons (Fsp3) is 0.227. The summed E-state index contributed by atoms with van der Waals surface area (Å²) in [6, 6.07) is 15.6. The van der Waals surface area contributed by atoms with Gasteiger partial charge in [0.1, 0.15) is 0 Å². The van der Waals surface area contributed by atoms with Crippen LogP contribution in [0.5, 0.6) is 0 Å². The van der Waals surface area contributed by atoms with Crippen LogP contribution in [0.3, 0.4) is 0 Å². The first kappa shape index (κ1) is 19.2. The van der Waals surface area contributed by atoms with Crippen molar-refractivity contribution in [2.45, 2.75) is 33.4 Å². The first-order chi connectivity index (χ1) is 11.5. The van der Waals surface area contributed by atoms with Gasteiger partial charge in [0.2, 0.25) is 0 Å². The molecular weight excluding hydrogens is 384 g/mol. The van der Waals surface area contributed by atoms with E-state index in [9.17, 15) is 0 Å². The van der Waals surface area contributed by atoms with Crippen LogP contribution in [0.25, 0.3) is 21.5 Å². The molecule has 2 heteroatoms. The zero-order chi connectivity index (χ0) is 17.5. The first-order valence-electron chi connectivity index (χ1n) is 8.27. The number of benzene rings is 2. The summed E-state index contributed by atoms with van der Waals surface area (Å²) in [5.74, 6) is 0. The van der Waals surface area contributed by atoms with Crippen LogP contribution < -0.4 is 0 Å². The molecule has 4 rings (SSSR count). The summed E-state index contributed by atoms with van der Waals surface area (Å²) in [4.78, 5) is 0. The Morgan fingerprint density at radius 2 is 1.46 bits per heavy atom. The van der Waals surface area contributed by atoms with Gasteiger partial charge in [0.15, 0.2) is 0 Å². The largest absolute Gasteiger partial charge is 0.273 e. The molecule has 24 heavy (non-hydrogen) atoms. The van der Waals surface area contributed by atoms with E-state index in [0.29, 0.717) is 0 Å². The van der Waals surface area contributed by atoms with Gasteiger partial charge in [-0.25, -0.2) is 12.2 Å². The Labute approximate surface area is 161 Å². The number of allylic oxidation sites excluding steroid dienone is 4. The van der Waals surface area contributed by atoms with Gasteiger partial charge in [-0.3, -0.25) is 6.08 Å². The van der Waals surface area contributed by atoms with E-state index in [-0.39, 0.29) is 5.43 Å². The van der Waals surface area contributed by atoms with Gasteiger partial charge < -0.3 is 0 Å². The molecule has 1 aliphatic carbocycles. The van der Waals surface area contributed by atoms with Crippen molar-refractivity contribution in [2.75, 3.05) is 0 Å². The molecule has 0 fully saturated rings. The maximum atomic E-state index is 2.99. The maximum absolute atomic E-state index is 2.99. The molecule has 0 unspecified atom stereocenters. The molecule has 1 aliphatic rings. The zero-order valence-electron chi connectivity index (χ0n) is 15.0. The minimum Gasteiger partial charge on any atom is -0.273 e. The predicted octanol–water partition coefficient (Wildman–Crippen LogP) is 6.42. The first-order valence-corrected chi connectivity index (χ1v) is 14.5. The molecule has 0 amide bonds. The van der Waals surface area contributed by atoms with Crippen LogP contribution in [0.1, 0.15) is 17.5 Å². The molecule has 0 spiro atoms. The normalized spacial score (nSPS) is 11.9. The molecule has 0 nitrogen and oxygen atoms in total. The summed E-state index contributed by atoms with van der Waals surface area (Å²) < 4.78 is 0.